The number of aromatic nitrogens is 2. The van der Waals surface area contributed by atoms with Crippen LogP contribution in [-0.4, -0.2) is 17.0 Å². The Balaban J connectivity index is 2.16. The van der Waals surface area contributed by atoms with Crippen LogP contribution in [0.5, 0.6) is 0 Å². The van der Waals surface area contributed by atoms with Crippen molar-refractivity contribution < 1.29 is 0 Å². The second-order valence-electron chi connectivity index (χ2n) is 4.48. The number of nitrogens with zero attached hydrogens (tertiary/aromatic N) is 3. The zero-order chi connectivity index (χ0) is 13.1. The van der Waals surface area contributed by atoms with E-state index >= 15 is 0 Å². The minimum absolute atomic E-state index is 0.292. The molecule has 0 spiro atoms. The summed E-state index contributed by atoms with van der Waals surface area (Å²) in [4.78, 5) is 10.4. The molecule has 1 aromatic heterocycles. The van der Waals surface area contributed by atoms with Gasteiger partial charge in [-0.2, -0.15) is 0 Å². The number of rotatable bonds is 3. The lowest BCUT2D eigenvalue weighted by Crippen LogP contribution is -2.18. The van der Waals surface area contributed by atoms with Crippen LogP contribution in [0, 0.1) is 13.8 Å². The van der Waals surface area contributed by atoms with Crippen molar-refractivity contribution in [1.82, 2.24) is 9.97 Å². The lowest BCUT2D eigenvalue weighted by Gasteiger charge is -2.18. The first-order chi connectivity index (χ1) is 8.54. The Morgan fingerprint density at radius 1 is 1.11 bits per heavy atom. The monoisotopic (exact) mass is 261 g/mol. The minimum Gasteiger partial charge on any atom is -0.355 e. The normalized spacial score (nSPS) is 10.4. The van der Waals surface area contributed by atoms with Gasteiger partial charge in [0.05, 0.1) is 0 Å². The molecular weight excluding hydrogens is 246 g/mol. The molecule has 0 amide bonds. The quantitative estimate of drug-likeness (QED) is 0.793. The van der Waals surface area contributed by atoms with Crippen molar-refractivity contribution in [2.24, 2.45) is 0 Å². The molecule has 0 radical (unpaired) electrons. The summed E-state index contributed by atoms with van der Waals surface area (Å²) in [6.45, 7) is 4.80. The second-order valence-corrected chi connectivity index (χ2v) is 4.82. The number of anilines is 1. The van der Waals surface area contributed by atoms with Crippen molar-refractivity contribution in [3.8, 4) is 0 Å². The number of hydrogen-bond acceptors (Lipinski definition) is 3. The summed E-state index contributed by atoms with van der Waals surface area (Å²) in [5, 5.41) is 0.292. The fraction of sp³-hybridized carbons (Fsp3) is 0.286. The highest BCUT2D eigenvalue weighted by atomic mass is 35.5. The van der Waals surface area contributed by atoms with Crippen LogP contribution in [-0.2, 0) is 6.54 Å². The van der Waals surface area contributed by atoms with E-state index in [0.717, 1.165) is 18.1 Å². The Morgan fingerprint density at radius 2 is 1.78 bits per heavy atom. The van der Waals surface area contributed by atoms with Gasteiger partial charge in [0.25, 0.3) is 0 Å². The highest BCUT2D eigenvalue weighted by Crippen LogP contribution is 2.16. The van der Waals surface area contributed by atoms with E-state index in [4.69, 9.17) is 11.6 Å². The number of benzene rings is 1. The van der Waals surface area contributed by atoms with Crippen LogP contribution in [0.1, 0.15) is 16.8 Å². The SMILES string of the molecule is Cc1ccc(CN(C)c2cc(C)nc(Cl)n2)cc1. The summed E-state index contributed by atoms with van der Waals surface area (Å²) in [6, 6.07) is 10.4. The van der Waals surface area contributed by atoms with Crippen LogP contribution >= 0.6 is 11.6 Å². The van der Waals surface area contributed by atoms with E-state index in [9.17, 15) is 0 Å². The molecule has 0 aliphatic carbocycles. The van der Waals surface area contributed by atoms with Gasteiger partial charge in [0.2, 0.25) is 5.28 Å². The highest BCUT2D eigenvalue weighted by molar-refractivity contribution is 6.28. The predicted octanol–water partition coefficient (Wildman–Crippen LogP) is 3.38. The van der Waals surface area contributed by atoms with E-state index in [-0.39, 0.29) is 0 Å². The molecule has 0 saturated heterocycles. The molecule has 18 heavy (non-hydrogen) atoms. The van der Waals surface area contributed by atoms with Gasteiger partial charge in [0, 0.05) is 25.4 Å². The van der Waals surface area contributed by atoms with Crippen LogP contribution < -0.4 is 4.90 Å². The summed E-state index contributed by atoms with van der Waals surface area (Å²) >= 11 is 5.87. The molecule has 4 heteroatoms. The fourth-order valence-electron chi connectivity index (χ4n) is 1.76. The lowest BCUT2D eigenvalue weighted by molar-refractivity contribution is 0.886. The molecule has 2 aromatic rings. The van der Waals surface area contributed by atoms with Crippen molar-refractivity contribution >= 4 is 17.4 Å². The molecule has 0 fully saturated rings. The smallest absolute Gasteiger partial charge is 0.224 e. The third-order valence-corrected chi connectivity index (χ3v) is 2.91. The van der Waals surface area contributed by atoms with Crippen molar-refractivity contribution in [2.45, 2.75) is 20.4 Å². The molecule has 0 saturated carbocycles. The second kappa shape index (κ2) is 5.36. The average molecular weight is 262 g/mol. The van der Waals surface area contributed by atoms with E-state index in [1.54, 1.807) is 0 Å². The van der Waals surface area contributed by atoms with E-state index in [1.807, 2.05) is 20.0 Å². The molecule has 2 rings (SSSR count). The Labute approximate surface area is 112 Å². The molecule has 1 heterocycles. The molecular formula is C14H16ClN3. The molecule has 0 bridgehead atoms. The first-order valence-corrected chi connectivity index (χ1v) is 6.20. The molecule has 1 aromatic carbocycles. The third kappa shape index (κ3) is 3.20. The van der Waals surface area contributed by atoms with E-state index in [1.165, 1.54) is 11.1 Å². The summed E-state index contributed by atoms with van der Waals surface area (Å²) < 4.78 is 0. The molecule has 0 aliphatic heterocycles. The van der Waals surface area contributed by atoms with Crippen molar-refractivity contribution in [2.75, 3.05) is 11.9 Å². The largest absolute Gasteiger partial charge is 0.355 e. The zero-order valence-corrected chi connectivity index (χ0v) is 11.6. The molecule has 0 aliphatic rings. The van der Waals surface area contributed by atoms with Gasteiger partial charge in [-0.25, -0.2) is 9.97 Å². The number of halogens is 1. The van der Waals surface area contributed by atoms with Gasteiger partial charge in [0.1, 0.15) is 5.82 Å². The van der Waals surface area contributed by atoms with Crippen LogP contribution in [0.2, 0.25) is 5.28 Å². The molecule has 0 atom stereocenters. The first kappa shape index (κ1) is 12.8. The van der Waals surface area contributed by atoms with Gasteiger partial charge in [-0.05, 0) is 31.0 Å². The fourth-order valence-corrected chi connectivity index (χ4v) is 1.98. The average Bonchev–Trinajstić information content (AvgIpc) is 2.31. The highest BCUT2D eigenvalue weighted by Gasteiger charge is 2.06. The topological polar surface area (TPSA) is 29.0 Å². The third-order valence-electron chi connectivity index (χ3n) is 2.74. The maximum Gasteiger partial charge on any atom is 0.224 e. The van der Waals surface area contributed by atoms with Crippen molar-refractivity contribution in [1.29, 1.82) is 0 Å². The molecule has 3 nitrogen and oxygen atoms in total. The summed E-state index contributed by atoms with van der Waals surface area (Å²) in [5.74, 6) is 0.841. The molecule has 94 valence electrons. The molecule has 0 unspecified atom stereocenters. The van der Waals surface area contributed by atoms with Gasteiger partial charge in [-0.15, -0.1) is 0 Å². The number of hydrogen-bond donors (Lipinski definition) is 0. The Morgan fingerprint density at radius 3 is 2.39 bits per heavy atom. The maximum absolute atomic E-state index is 5.87. The van der Waals surface area contributed by atoms with Gasteiger partial charge in [-0.3, -0.25) is 0 Å². The van der Waals surface area contributed by atoms with Gasteiger partial charge in [-0.1, -0.05) is 29.8 Å². The zero-order valence-electron chi connectivity index (χ0n) is 10.8. The van der Waals surface area contributed by atoms with Crippen LogP contribution in [0.3, 0.4) is 0 Å². The Hall–Kier alpha value is -1.61. The maximum atomic E-state index is 5.87. The van der Waals surface area contributed by atoms with Crippen molar-refractivity contribution in [3.05, 3.63) is 52.4 Å². The van der Waals surface area contributed by atoms with Crippen LogP contribution in [0.15, 0.2) is 30.3 Å². The Bertz CT molecular complexity index is 517. The van der Waals surface area contributed by atoms with Gasteiger partial charge in [0.15, 0.2) is 0 Å². The van der Waals surface area contributed by atoms with Gasteiger partial charge < -0.3 is 4.90 Å². The predicted molar refractivity (Wildman–Crippen MR) is 75.1 cm³/mol. The molecule has 0 N–H and O–H groups in total. The standard InChI is InChI=1S/C14H16ClN3/c1-10-4-6-12(7-5-10)9-18(3)13-8-11(2)16-14(15)17-13/h4-8H,9H2,1-3H3. The van der Waals surface area contributed by atoms with Crippen molar-refractivity contribution in [3.63, 3.8) is 0 Å². The van der Waals surface area contributed by atoms with Gasteiger partial charge >= 0.3 is 0 Å². The van der Waals surface area contributed by atoms with E-state index < -0.39 is 0 Å². The summed E-state index contributed by atoms with van der Waals surface area (Å²) in [6.07, 6.45) is 0. The van der Waals surface area contributed by atoms with E-state index in [0.29, 0.717) is 5.28 Å². The first-order valence-electron chi connectivity index (χ1n) is 5.82. The lowest BCUT2D eigenvalue weighted by atomic mass is 10.1. The van der Waals surface area contributed by atoms with E-state index in [2.05, 4.69) is 46.1 Å². The summed E-state index contributed by atoms with van der Waals surface area (Å²) in [7, 11) is 2.00. The Kier molecular flexibility index (Phi) is 3.82. The minimum atomic E-state index is 0.292. The number of aryl methyl sites for hydroxylation is 2. The van der Waals surface area contributed by atoms with Crippen LogP contribution in [0.25, 0.3) is 0 Å². The summed E-state index contributed by atoms with van der Waals surface area (Å²) in [5.41, 5.74) is 3.39. The van der Waals surface area contributed by atoms with Crippen LogP contribution in [0.4, 0.5) is 5.82 Å².